The van der Waals surface area contributed by atoms with E-state index < -0.39 is 0 Å². The first-order chi connectivity index (χ1) is 7.26. The molecule has 0 aliphatic carbocycles. The van der Waals surface area contributed by atoms with Crippen molar-refractivity contribution in [3.8, 4) is 11.5 Å². The summed E-state index contributed by atoms with van der Waals surface area (Å²) in [6.45, 7) is 2.09. The zero-order valence-electron chi connectivity index (χ0n) is 8.84. The zero-order valence-corrected chi connectivity index (χ0v) is 10.4. The van der Waals surface area contributed by atoms with E-state index in [1.165, 1.54) is 5.56 Å². The van der Waals surface area contributed by atoms with Gasteiger partial charge in [-0.15, -0.1) is 0 Å². The minimum Gasteiger partial charge on any atom is -0.493 e. The number of hydrogen-bond acceptors (Lipinski definition) is 3. The van der Waals surface area contributed by atoms with E-state index in [2.05, 4.69) is 33.4 Å². The Bertz CT molecular complexity index is 364. The summed E-state index contributed by atoms with van der Waals surface area (Å²) in [5, 5.41) is 3.26. The Morgan fingerprint density at radius 2 is 2.00 bits per heavy atom. The maximum absolute atomic E-state index is 5.30. The fourth-order valence-electron chi connectivity index (χ4n) is 1.70. The average molecular weight is 272 g/mol. The van der Waals surface area contributed by atoms with E-state index in [-0.39, 0.29) is 0 Å². The first kappa shape index (κ1) is 10.8. The molecular weight excluding hydrogens is 258 g/mol. The Morgan fingerprint density at radius 1 is 1.27 bits per heavy atom. The summed E-state index contributed by atoms with van der Waals surface area (Å²) >= 11 is 3.50. The normalized spacial score (nSPS) is 15.9. The molecule has 0 saturated carbocycles. The van der Waals surface area contributed by atoms with Crippen molar-refractivity contribution in [2.24, 2.45) is 0 Å². The van der Waals surface area contributed by atoms with Crippen LogP contribution in [0.15, 0.2) is 16.6 Å². The number of benzene rings is 1. The fourth-order valence-corrected chi connectivity index (χ4v) is 2.32. The Kier molecular flexibility index (Phi) is 3.17. The van der Waals surface area contributed by atoms with Crippen molar-refractivity contribution in [1.82, 2.24) is 5.32 Å². The lowest BCUT2D eigenvalue weighted by molar-refractivity contribution is 0.351. The van der Waals surface area contributed by atoms with Gasteiger partial charge in [0.1, 0.15) is 0 Å². The number of rotatable bonds is 3. The first-order valence-corrected chi connectivity index (χ1v) is 5.67. The highest BCUT2D eigenvalue weighted by molar-refractivity contribution is 9.10. The van der Waals surface area contributed by atoms with Gasteiger partial charge in [0.15, 0.2) is 11.5 Å². The van der Waals surface area contributed by atoms with E-state index in [0.29, 0.717) is 5.92 Å². The second-order valence-corrected chi connectivity index (χ2v) is 4.45. The van der Waals surface area contributed by atoms with Crippen LogP contribution in [-0.2, 0) is 0 Å². The summed E-state index contributed by atoms with van der Waals surface area (Å²) in [7, 11) is 3.31. The number of hydrogen-bond donors (Lipinski definition) is 1. The first-order valence-electron chi connectivity index (χ1n) is 4.88. The van der Waals surface area contributed by atoms with Crippen LogP contribution in [0.4, 0.5) is 0 Å². The molecule has 0 radical (unpaired) electrons. The quantitative estimate of drug-likeness (QED) is 0.914. The van der Waals surface area contributed by atoms with Crippen molar-refractivity contribution in [2.45, 2.75) is 5.92 Å². The summed E-state index contributed by atoms with van der Waals surface area (Å²) < 4.78 is 11.5. The summed E-state index contributed by atoms with van der Waals surface area (Å²) in [6, 6.07) is 4.15. The Hall–Kier alpha value is -0.740. The minimum absolute atomic E-state index is 0.598. The van der Waals surface area contributed by atoms with Crippen LogP contribution in [-0.4, -0.2) is 27.3 Å². The maximum atomic E-state index is 5.30. The van der Waals surface area contributed by atoms with E-state index in [4.69, 9.17) is 9.47 Å². The summed E-state index contributed by atoms with van der Waals surface area (Å²) in [5.74, 6) is 2.14. The minimum atomic E-state index is 0.598. The van der Waals surface area contributed by atoms with E-state index in [1.807, 2.05) is 0 Å². The maximum Gasteiger partial charge on any atom is 0.174 e. The lowest BCUT2D eigenvalue weighted by Gasteiger charge is -2.28. The summed E-state index contributed by atoms with van der Waals surface area (Å²) in [5.41, 5.74) is 1.29. The van der Waals surface area contributed by atoms with Crippen molar-refractivity contribution < 1.29 is 9.47 Å². The zero-order chi connectivity index (χ0) is 10.8. The molecule has 15 heavy (non-hydrogen) atoms. The topological polar surface area (TPSA) is 30.5 Å². The van der Waals surface area contributed by atoms with Gasteiger partial charge in [0, 0.05) is 19.0 Å². The van der Waals surface area contributed by atoms with E-state index in [1.54, 1.807) is 14.2 Å². The van der Waals surface area contributed by atoms with Gasteiger partial charge in [-0.25, -0.2) is 0 Å². The molecule has 1 fully saturated rings. The van der Waals surface area contributed by atoms with Gasteiger partial charge in [0.25, 0.3) is 0 Å². The SMILES string of the molecule is COc1cc(C2CNC2)cc(Br)c1OC. The van der Waals surface area contributed by atoms with Gasteiger partial charge in [0.2, 0.25) is 0 Å². The highest BCUT2D eigenvalue weighted by Crippen LogP contribution is 2.38. The fraction of sp³-hybridized carbons (Fsp3) is 0.455. The van der Waals surface area contributed by atoms with Crippen molar-refractivity contribution in [2.75, 3.05) is 27.3 Å². The molecule has 1 heterocycles. The molecule has 82 valence electrons. The van der Waals surface area contributed by atoms with E-state index in [0.717, 1.165) is 29.1 Å². The third kappa shape index (κ3) is 1.96. The van der Waals surface area contributed by atoms with Crippen LogP contribution in [0.3, 0.4) is 0 Å². The van der Waals surface area contributed by atoms with Crippen LogP contribution in [0.2, 0.25) is 0 Å². The molecule has 1 aromatic rings. The van der Waals surface area contributed by atoms with Gasteiger partial charge in [-0.1, -0.05) is 0 Å². The summed E-state index contributed by atoms with van der Waals surface area (Å²) in [6.07, 6.45) is 0. The molecule has 0 aromatic heterocycles. The van der Waals surface area contributed by atoms with Crippen molar-refractivity contribution >= 4 is 15.9 Å². The van der Waals surface area contributed by atoms with Gasteiger partial charge in [-0.05, 0) is 33.6 Å². The van der Waals surface area contributed by atoms with Gasteiger partial charge in [-0.3, -0.25) is 0 Å². The number of ether oxygens (including phenoxy) is 2. The molecule has 4 heteroatoms. The highest BCUT2D eigenvalue weighted by atomic mass is 79.9. The monoisotopic (exact) mass is 271 g/mol. The summed E-state index contributed by atoms with van der Waals surface area (Å²) in [4.78, 5) is 0. The molecule has 3 nitrogen and oxygen atoms in total. The predicted molar refractivity (Wildman–Crippen MR) is 62.9 cm³/mol. The van der Waals surface area contributed by atoms with Crippen LogP contribution in [0, 0.1) is 0 Å². The second kappa shape index (κ2) is 4.41. The third-order valence-corrected chi connectivity index (χ3v) is 3.30. The molecular formula is C11H14BrNO2. The van der Waals surface area contributed by atoms with E-state index in [9.17, 15) is 0 Å². The van der Waals surface area contributed by atoms with Crippen LogP contribution in [0.5, 0.6) is 11.5 Å². The Balaban J connectivity index is 2.37. The Labute approximate surface area is 97.9 Å². The average Bonchev–Trinajstić information content (AvgIpc) is 2.14. The van der Waals surface area contributed by atoms with Crippen LogP contribution < -0.4 is 14.8 Å². The largest absolute Gasteiger partial charge is 0.493 e. The molecule has 1 aliphatic heterocycles. The van der Waals surface area contributed by atoms with Gasteiger partial charge in [0.05, 0.1) is 18.7 Å². The molecule has 1 N–H and O–H groups in total. The van der Waals surface area contributed by atoms with Crippen LogP contribution in [0.1, 0.15) is 11.5 Å². The van der Waals surface area contributed by atoms with E-state index >= 15 is 0 Å². The molecule has 1 aliphatic rings. The van der Waals surface area contributed by atoms with Crippen LogP contribution in [0.25, 0.3) is 0 Å². The molecule has 0 bridgehead atoms. The van der Waals surface area contributed by atoms with Gasteiger partial charge in [-0.2, -0.15) is 0 Å². The molecule has 0 unspecified atom stereocenters. The second-order valence-electron chi connectivity index (χ2n) is 3.59. The third-order valence-electron chi connectivity index (χ3n) is 2.71. The number of methoxy groups -OCH3 is 2. The van der Waals surface area contributed by atoms with Crippen LogP contribution >= 0.6 is 15.9 Å². The molecule has 0 amide bonds. The standard InChI is InChI=1S/C11H14BrNO2/c1-14-10-4-7(8-5-13-6-8)3-9(12)11(10)15-2/h3-4,8,13H,5-6H2,1-2H3. The highest BCUT2D eigenvalue weighted by Gasteiger charge is 2.21. The molecule has 1 aromatic carbocycles. The van der Waals surface area contributed by atoms with Crippen molar-refractivity contribution in [1.29, 1.82) is 0 Å². The van der Waals surface area contributed by atoms with Gasteiger partial charge < -0.3 is 14.8 Å². The lowest BCUT2D eigenvalue weighted by atomic mass is 9.93. The number of halogens is 1. The Morgan fingerprint density at radius 3 is 2.47 bits per heavy atom. The van der Waals surface area contributed by atoms with Crippen molar-refractivity contribution in [3.05, 3.63) is 22.2 Å². The molecule has 0 atom stereocenters. The van der Waals surface area contributed by atoms with Gasteiger partial charge >= 0.3 is 0 Å². The molecule has 2 rings (SSSR count). The number of nitrogens with one attached hydrogen (secondary N) is 1. The van der Waals surface area contributed by atoms with Crippen molar-refractivity contribution in [3.63, 3.8) is 0 Å². The smallest absolute Gasteiger partial charge is 0.174 e. The molecule has 0 spiro atoms. The molecule has 1 saturated heterocycles. The predicted octanol–water partition coefficient (Wildman–Crippen LogP) is 2.15. The lowest BCUT2D eigenvalue weighted by Crippen LogP contribution is -2.39.